The SMILES string of the molecule is CCC(=O)N1CCCCC1C(=O)NCc1cccc(OCCN(C)C2CCOCC2)c1. The average molecular weight is 432 g/mol. The summed E-state index contributed by atoms with van der Waals surface area (Å²) in [5.74, 6) is 0.805. The van der Waals surface area contributed by atoms with Gasteiger partial charge < -0.3 is 19.7 Å². The van der Waals surface area contributed by atoms with Crippen LogP contribution in [0.15, 0.2) is 24.3 Å². The Kier molecular flexibility index (Phi) is 9.15. The molecule has 7 nitrogen and oxygen atoms in total. The van der Waals surface area contributed by atoms with Gasteiger partial charge >= 0.3 is 0 Å². The maximum Gasteiger partial charge on any atom is 0.243 e. The van der Waals surface area contributed by atoms with Crippen LogP contribution in [0.2, 0.25) is 0 Å². The van der Waals surface area contributed by atoms with E-state index >= 15 is 0 Å². The quantitative estimate of drug-likeness (QED) is 0.651. The second-order valence-electron chi connectivity index (χ2n) is 8.49. The standard InChI is InChI=1S/C24H37N3O4/c1-3-23(28)27-12-5-4-9-22(27)24(29)25-18-19-7-6-8-21(17-19)31-16-13-26(2)20-10-14-30-15-11-20/h6-8,17,20,22H,3-5,9-16,18H2,1-2H3,(H,25,29). The molecule has 1 aromatic carbocycles. The Balaban J connectivity index is 1.45. The van der Waals surface area contributed by atoms with Crippen LogP contribution in [-0.4, -0.2) is 73.7 Å². The van der Waals surface area contributed by atoms with E-state index in [4.69, 9.17) is 9.47 Å². The topological polar surface area (TPSA) is 71.1 Å². The van der Waals surface area contributed by atoms with Crippen molar-refractivity contribution in [3.05, 3.63) is 29.8 Å². The Morgan fingerprint density at radius 2 is 2.03 bits per heavy atom. The van der Waals surface area contributed by atoms with Gasteiger partial charge in [0.05, 0.1) is 0 Å². The lowest BCUT2D eigenvalue weighted by molar-refractivity contribution is -0.142. The summed E-state index contributed by atoms with van der Waals surface area (Å²) in [6.07, 6.45) is 5.28. The third-order valence-corrected chi connectivity index (χ3v) is 6.32. The molecular weight excluding hydrogens is 394 g/mol. The van der Waals surface area contributed by atoms with Crippen molar-refractivity contribution < 1.29 is 19.1 Å². The van der Waals surface area contributed by atoms with Crippen LogP contribution >= 0.6 is 0 Å². The Labute approximate surface area is 186 Å². The number of benzene rings is 1. The van der Waals surface area contributed by atoms with Crippen LogP contribution in [0.1, 0.15) is 51.0 Å². The molecule has 2 heterocycles. The minimum atomic E-state index is -0.346. The first-order chi connectivity index (χ1) is 15.1. The molecule has 2 aliphatic heterocycles. The number of carbonyl (C=O) groups excluding carboxylic acids is 2. The van der Waals surface area contributed by atoms with Gasteiger partial charge in [0.1, 0.15) is 18.4 Å². The smallest absolute Gasteiger partial charge is 0.243 e. The number of rotatable bonds is 9. The van der Waals surface area contributed by atoms with Crippen molar-refractivity contribution in [1.29, 1.82) is 0 Å². The number of nitrogens with zero attached hydrogens (tertiary/aromatic N) is 2. The van der Waals surface area contributed by atoms with E-state index in [-0.39, 0.29) is 17.9 Å². The zero-order chi connectivity index (χ0) is 22.1. The van der Waals surface area contributed by atoms with E-state index in [2.05, 4.69) is 17.3 Å². The fourth-order valence-electron chi connectivity index (χ4n) is 4.37. The van der Waals surface area contributed by atoms with Gasteiger partial charge in [0.15, 0.2) is 0 Å². The zero-order valence-corrected chi connectivity index (χ0v) is 19.0. The van der Waals surface area contributed by atoms with Crippen molar-refractivity contribution in [3.8, 4) is 5.75 Å². The molecule has 0 radical (unpaired) electrons. The predicted octanol–water partition coefficient (Wildman–Crippen LogP) is 2.58. The van der Waals surface area contributed by atoms with E-state index in [1.807, 2.05) is 31.2 Å². The molecule has 2 amide bonds. The van der Waals surface area contributed by atoms with Gasteiger partial charge in [-0.05, 0) is 56.8 Å². The fraction of sp³-hybridized carbons (Fsp3) is 0.667. The number of ether oxygens (including phenoxy) is 2. The van der Waals surface area contributed by atoms with E-state index in [1.54, 1.807) is 4.90 Å². The molecule has 3 rings (SSSR count). The highest BCUT2D eigenvalue weighted by atomic mass is 16.5. The summed E-state index contributed by atoms with van der Waals surface area (Å²) in [5.41, 5.74) is 0.993. The number of hydrogen-bond donors (Lipinski definition) is 1. The molecule has 31 heavy (non-hydrogen) atoms. The third-order valence-electron chi connectivity index (χ3n) is 6.32. The second kappa shape index (κ2) is 12.1. The molecule has 7 heteroatoms. The van der Waals surface area contributed by atoms with Gasteiger partial charge in [0.2, 0.25) is 11.8 Å². The number of likely N-dealkylation sites (tertiary alicyclic amines) is 1. The van der Waals surface area contributed by atoms with E-state index in [1.165, 1.54) is 0 Å². The van der Waals surface area contributed by atoms with Crippen LogP contribution in [0.5, 0.6) is 5.75 Å². The lowest BCUT2D eigenvalue weighted by atomic mass is 10.0. The lowest BCUT2D eigenvalue weighted by Gasteiger charge is -2.34. The van der Waals surface area contributed by atoms with Gasteiger partial charge in [-0.1, -0.05) is 19.1 Å². The van der Waals surface area contributed by atoms with Gasteiger partial charge in [-0.15, -0.1) is 0 Å². The molecule has 1 aromatic rings. The molecule has 1 unspecified atom stereocenters. The zero-order valence-electron chi connectivity index (χ0n) is 19.0. The molecule has 0 bridgehead atoms. The summed E-state index contributed by atoms with van der Waals surface area (Å²) in [6.45, 7) is 6.13. The molecule has 2 saturated heterocycles. The summed E-state index contributed by atoms with van der Waals surface area (Å²) in [7, 11) is 2.14. The van der Waals surface area contributed by atoms with Gasteiger partial charge in [0.25, 0.3) is 0 Å². The highest BCUT2D eigenvalue weighted by Gasteiger charge is 2.31. The summed E-state index contributed by atoms with van der Waals surface area (Å²) in [6, 6.07) is 8.08. The molecule has 0 saturated carbocycles. The third kappa shape index (κ3) is 6.94. The summed E-state index contributed by atoms with van der Waals surface area (Å²) in [5, 5.41) is 3.01. The first kappa shape index (κ1) is 23.5. The molecule has 2 fully saturated rings. The molecule has 1 N–H and O–H groups in total. The number of amides is 2. The molecule has 0 spiro atoms. The number of piperidine rings is 1. The predicted molar refractivity (Wildman–Crippen MR) is 120 cm³/mol. The monoisotopic (exact) mass is 431 g/mol. The van der Waals surface area contributed by atoms with Gasteiger partial charge in [0, 0.05) is 45.3 Å². The van der Waals surface area contributed by atoms with Crippen molar-refractivity contribution >= 4 is 11.8 Å². The second-order valence-corrected chi connectivity index (χ2v) is 8.49. The average Bonchev–Trinajstić information content (AvgIpc) is 2.82. The van der Waals surface area contributed by atoms with Crippen LogP contribution < -0.4 is 10.1 Å². The van der Waals surface area contributed by atoms with Crippen LogP contribution in [0.25, 0.3) is 0 Å². The summed E-state index contributed by atoms with van der Waals surface area (Å²) < 4.78 is 11.4. The number of carbonyl (C=O) groups is 2. The molecule has 2 aliphatic rings. The van der Waals surface area contributed by atoms with Crippen molar-refractivity contribution in [2.24, 2.45) is 0 Å². The van der Waals surface area contributed by atoms with Crippen LogP contribution in [0, 0.1) is 0 Å². The van der Waals surface area contributed by atoms with E-state index < -0.39 is 0 Å². The van der Waals surface area contributed by atoms with Gasteiger partial charge in [-0.25, -0.2) is 0 Å². The van der Waals surface area contributed by atoms with Crippen molar-refractivity contribution in [1.82, 2.24) is 15.1 Å². The Hall–Kier alpha value is -2.12. The van der Waals surface area contributed by atoms with Gasteiger partial charge in [-0.3, -0.25) is 14.5 Å². The minimum Gasteiger partial charge on any atom is -0.492 e. The molecule has 0 aromatic heterocycles. The van der Waals surface area contributed by atoms with E-state index in [0.717, 1.165) is 63.2 Å². The molecule has 0 aliphatic carbocycles. The first-order valence-corrected chi connectivity index (χ1v) is 11.7. The summed E-state index contributed by atoms with van der Waals surface area (Å²) in [4.78, 5) is 29.0. The first-order valence-electron chi connectivity index (χ1n) is 11.7. The highest BCUT2D eigenvalue weighted by molar-refractivity contribution is 5.87. The van der Waals surface area contributed by atoms with Gasteiger partial charge in [-0.2, -0.15) is 0 Å². The van der Waals surface area contributed by atoms with Crippen LogP contribution in [0.4, 0.5) is 0 Å². The van der Waals surface area contributed by atoms with Crippen LogP contribution in [-0.2, 0) is 20.9 Å². The Morgan fingerprint density at radius 1 is 1.23 bits per heavy atom. The Morgan fingerprint density at radius 3 is 2.81 bits per heavy atom. The fourth-order valence-corrected chi connectivity index (χ4v) is 4.37. The van der Waals surface area contributed by atoms with Crippen molar-refractivity contribution in [3.63, 3.8) is 0 Å². The largest absolute Gasteiger partial charge is 0.492 e. The van der Waals surface area contributed by atoms with E-state index in [0.29, 0.717) is 32.2 Å². The maximum absolute atomic E-state index is 12.7. The minimum absolute atomic E-state index is 0.0565. The molecule has 1 atom stereocenters. The maximum atomic E-state index is 12.7. The van der Waals surface area contributed by atoms with Crippen molar-refractivity contribution in [2.45, 2.75) is 64.1 Å². The molecule has 172 valence electrons. The number of hydrogen-bond acceptors (Lipinski definition) is 5. The van der Waals surface area contributed by atoms with Crippen molar-refractivity contribution in [2.75, 3.05) is 40.0 Å². The highest BCUT2D eigenvalue weighted by Crippen LogP contribution is 2.19. The number of likely N-dealkylation sites (N-methyl/N-ethyl adjacent to an activating group) is 1. The van der Waals surface area contributed by atoms with E-state index in [9.17, 15) is 9.59 Å². The normalized spacial score (nSPS) is 20.0. The van der Waals surface area contributed by atoms with Crippen LogP contribution in [0.3, 0.4) is 0 Å². The Bertz CT molecular complexity index is 721. The number of nitrogens with one attached hydrogen (secondary N) is 1. The summed E-state index contributed by atoms with van der Waals surface area (Å²) >= 11 is 0. The molecular formula is C24H37N3O4. The lowest BCUT2D eigenvalue weighted by Crippen LogP contribution is -2.51.